The molecule has 5 heteroatoms. The average Bonchev–Trinajstić information content (AvgIpc) is 3.30. The van der Waals surface area contributed by atoms with Gasteiger partial charge in [0.2, 0.25) is 0 Å². The number of aromatic nitrogens is 1. The van der Waals surface area contributed by atoms with Gasteiger partial charge in [0.15, 0.2) is 0 Å². The van der Waals surface area contributed by atoms with Crippen LogP contribution in [0.25, 0.3) is 11.3 Å². The molecule has 1 aliphatic rings. The van der Waals surface area contributed by atoms with Gasteiger partial charge in [-0.3, -0.25) is 4.79 Å². The molecule has 2 aromatic rings. The van der Waals surface area contributed by atoms with Crippen molar-refractivity contribution < 1.29 is 14.3 Å². The van der Waals surface area contributed by atoms with E-state index in [0.717, 1.165) is 54.1 Å². The fourth-order valence-electron chi connectivity index (χ4n) is 3.86. The van der Waals surface area contributed by atoms with E-state index in [1.807, 2.05) is 37.3 Å². The van der Waals surface area contributed by atoms with Crippen molar-refractivity contribution in [1.29, 1.82) is 0 Å². The van der Waals surface area contributed by atoms with Crippen molar-refractivity contribution in [1.82, 2.24) is 9.88 Å². The summed E-state index contributed by atoms with van der Waals surface area (Å²) in [5.74, 6) is 0.867. The molecular weight excluding hydrogens is 340 g/mol. The number of amides is 1. The molecule has 0 radical (unpaired) electrons. The van der Waals surface area contributed by atoms with Gasteiger partial charge in [0.25, 0.3) is 5.91 Å². The topological polar surface area (TPSA) is 52.5 Å². The zero-order chi connectivity index (χ0) is 19.2. The molecule has 5 nitrogen and oxygen atoms in total. The smallest absolute Gasteiger partial charge is 0.253 e. The van der Waals surface area contributed by atoms with E-state index in [1.54, 1.807) is 14.2 Å². The van der Waals surface area contributed by atoms with E-state index < -0.39 is 0 Å². The molecule has 0 atom stereocenters. The SMILES string of the molecule is COCCCn1c(-c2ccc(OC)cc2)cc(C(=O)NC2CCCC2)c1C. The Bertz CT molecular complexity index is 759. The number of hydrogen-bond donors (Lipinski definition) is 1. The van der Waals surface area contributed by atoms with Crippen molar-refractivity contribution in [2.24, 2.45) is 0 Å². The van der Waals surface area contributed by atoms with Crippen LogP contribution in [-0.2, 0) is 11.3 Å². The van der Waals surface area contributed by atoms with Crippen LogP contribution in [0.3, 0.4) is 0 Å². The van der Waals surface area contributed by atoms with Gasteiger partial charge in [-0.1, -0.05) is 12.8 Å². The number of rotatable bonds is 8. The van der Waals surface area contributed by atoms with E-state index in [-0.39, 0.29) is 5.91 Å². The number of nitrogens with zero attached hydrogens (tertiary/aromatic N) is 1. The Hall–Kier alpha value is -2.27. The highest BCUT2D eigenvalue weighted by atomic mass is 16.5. The molecular formula is C22H30N2O3. The zero-order valence-electron chi connectivity index (χ0n) is 16.6. The normalized spacial score (nSPS) is 14.5. The first-order valence-corrected chi connectivity index (χ1v) is 9.78. The van der Waals surface area contributed by atoms with Crippen LogP contribution in [0.4, 0.5) is 0 Å². The molecule has 1 N–H and O–H groups in total. The Kier molecular flexibility index (Phi) is 6.56. The van der Waals surface area contributed by atoms with Crippen LogP contribution in [0.15, 0.2) is 30.3 Å². The van der Waals surface area contributed by atoms with E-state index in [4.69, 9.17) is 9.47 Å². The lowest BCUT2D eigenvalue weighted by Gasteiger charge is -2.13. The van der Waals surface area contributed by atoms with Crippen LogP contribution in [0.1, 0.15) is 48.2 Å². The summed E-state index contributed by atoms with van der Waals surface area (Å²) in [6, 6.07) is 10.3. The molecule has 0 bridgehead atoms. The Labute approximate surface area is 161 Å². The molecule has 1 amide bonds. The molecule has 1 aromatic carbocycles. The summed E-state index contributed by atoms with van der Waals surface area (Å²) in [7, 11) is 3.38. The summed E-state index contributed by atoms with van der Waals surface area (Å²) in [5.41, 5.74) is 3.91. The number of benzene rings is 1. The summed E-state index contributed by atoms with van der Waals surface area (Å²) in [4.78, 5) is 12.9. The minimum Gasteiger partial charge on any atom is -0.497 e. The van der Waals surface area contributed by atoms with Gasteiger partial charge in [-0.05, 0) is 62.1 Å². The predicted octanol–water partition coefficient (Wildman–Crippen LogP) is 4.18. The molecule has 0 unspecified atom stereocenters. The third kappa shape index (κ3) is 4.53. The highest BCUT2D eigenvalue weighted by molar-refractivity contribution is 5.97. The van der Waals surface area contributed by atoms with Gasteiger partial charge in [0.1, 0.15) is 5.75 Å². The first-order valence-electron chi connectivity index (χ1n) is 9.78. The molecule has 1 aromatic heterocycles. The first-order chi connectivity index (χ1) is 13.1. The fraction of sp³-hybridized carbons (Fsp3) is 0.500. The zero-order valence-corrected chi connectivity index (χ0v) is 16.6. The van der Waals surface area contributed by atoms with Gasteiger partial charge in [-0.2, -0.15) is 0 Å². The standard InChI is InChI=1S/C22H30N2O3/c1-16-20(22(25)23-18-7-4-5-8-18)15-21(24(16)13-6-14-26-2)17-9-11-19(27-3)12-10-17/h9-12,15,18H,4-8,13-14H2,1-3H3,(H,23,25). The highest BCUT2D eigenvalue weighted by Gasteiger charge is 2.22. The van der Waals surface area contributed by atoms with E-state index in [2.05, 4.69) is 9.88 Å². The predicted molar refractivity (Wildman–Crippen MR) is 107 cm³/mol. The van der Waals surface area contributed by atoms with E-state index >= 15 is 0 Å². The van der Waals surface area contributed by atoms with Crippen molar-refractivity contribution in [2.75, 3.05) is 20.8 Å². The number of carbonyl (C=O) groups excluding carboxylic acids is 1. The van der Waals surface area contributed by atoms with Gasteiger partial charge in [-0.25, -0.2) is 0 Å². The van der Waals surface area contributed by atoms with Gasteiger partial charge < -0.3 is 19.4 Å². The largest absolute Gasteiger partial charge is 0.497 e. The second-order valence-electron chi connectivity index (χ2n) is 7.21. The molecule has 0 aliphatic heterocycles. The van der Waals surface area contributed by atoms with Gasteiger partial charge in [-0.15, -0.1) is 0 Å². The van der Waals surface area contributed by atoms with Crippen molar-refractivity contribution in [3.63, 3.8) is 0 Å². The number of methoxy groups -OCH3 is 2. The maximum Gasteiger partial charge on any atom is 0.253 e. The minimum absolute atomic E-state index is 0.0413. The summed E-state index contributed by atoms with van der Waals surface area (Å²) in [5, 5.41) is 3.22. The van der Waals surface area contributed by atoms with Crippen molar-refractivity contribution in [3.05, 3.63) is 41.6 Å². The molecule has 1 aliphatic carbocycles. The van der Waals surface area contributed by atoms with Crippen molar-refractivity contribution in [2.45, 2.75) is 51.6 Å². The molecule has 146 valence electrons. The summed E-state index contributed by atoms with van der Waals surface area (Å²) in [6.45, 7) is 3.55. The van der Waals surface area contributed by atoms with Crippen LogP contribution in [0.2, 0.25) is 0 Å². The molecule has 0 spiro atoms. The Morgan fingerprint density at radius 3 is 2.52 bits per heavy atom. The maximum absolute atomic E-state index is 12.9. The Morgan fingerprint density at radius 1 is 1.19 bits per heavy atom. The van der Waals surface area contributed by atoms with Crippen LogP contribution in [-0.4, -0.2) is 37.3 Å². The van der Waals surface area contributed by atoms with Gasteiger partial charge in [0.05, 0.1) is 12.7 Å². The van der Waals surface area contributed by atoms with Crippen LogP contribution in [0.5, 0.6) is 5.75 Å². The monoisotopic (exact) mass is 370 g/mol. The Balaban J connectivity index is 1.90. The summed E-state index contributed by atoms with van der Waals surface area (Å²) >= 11 is 0. The fourth-order valence-corrected chi connectivity index (χ4v) is 3.86. The lowest BCUT2D eigenvalue weighted by atomic mass is 10.1. The minimum atomic E-state index is 0.0413. The number of ether oxygens (including phenoxy) is 2. The third-order valence-corrected chi connectivity index (χ3v) is 5.42. The maximum atomic E-state index is 12.9. The van der Waals surface area contributed by atoms with Crippen LogP contribution >= 0.6 is 0 Å². The lowest BCUT2D eigenvalue weighted by molar-refractivity contribution is 0.0937. The third-order valence-electron chi connectivity index (χ3n) is 5.42. The molecule has 3 rings (SSSR count). The van der Waals surface area contributed by atoms with Crippen molar-refractivity contribution in [3.8, 4) is 17.0 Å². The number of nitrogens with one attached hydrogen (secondary N) is 1. The second kappa shape index (κ2) is 9.09. The molecule has 27 heavy (non-hydrogen) atoms. The number of carbonyl (C=O) groups is 1. The lowest BCUT2D eigenvalue weighted by Crippen LogP contribution is -2.32. The second-order valence-corrected chi connectivity index (χ2v) is 7.21. The van der Waals surface area contributed by atoms with E-state index in [9.17, 15) is 4.79 Å². The van der Waals surface area contributed by atoms with E-state index in [0.29, 0.717) is 12.6 Å². The van der Waals surface area contributed by atoms with Gasteiger partial charge >= 0.3 is 0 Å². The molecule has 1 heterocycles. The summed E-state index contributed by atoms with van der Waals surface area (Å²) in [6.07, 6.45) is 5.49. The van der Waals surface area contributed by atoms with Crippen LogP contribution in [0, 0.1) is 6.92 Å². The molecule has 1 saturated carbocycles. The van der Waals surface area contributed by atoms with E-state index in [1.165, 1.54) is 12.8 Å². The molecule has 0 saturated heterocycles. The first kappa shape index (κ1) is 19.5. The summed E-state index contributed by atoms with van der Waals surface area (Å²) < 4.78 is 12.7. The number of hydrogen-bond acceptors (Lipinski definition) is 3. The quantitative estimate of drug-likeness (QED) is 0.709. The average molecular weight is 370 g/mol. The van der Waals surface area contributed by atoms with Crippen molar-refractivity contribution >= 4 is 5.91 Å². The van der Waals surface area contributed by atoms with Crippen LogP contribution < -0.4 is 10.1 Å². The Morgan fingerprint density at radius 2 is 1.89 bits per heavy atom. The van der Waals surface area contributed by atoms with Gasteiger partial charge in [0, 0.05) is 37.7 Å². The molecule has 1 fully saturated rings. The highest BCUT2D eigenvalue weighted by Crippen LogP contribution is 2.28.